The minimum Gasteiger partial charge on any atom is -0.458 e. The lowest BCUT2D eigenvalue weighted by molar-refractivity contribution is -0.153. The first-order valence-electron chi connectivity index (χ1n) is 16.3. The molecule has 0 N–H and O–H groups in total. The first-order valence-corrected chi connectivity index (χ1v) is 23.1. The fourth-order valence-electron chi connectivity index (χ4n) is 6.78. The average molecular weight is 634 g/mol. The molecule has 7 nitrogen and oxygen atoms in total. The maximum absolute atomic E-state index is 14.4. The summed E-state index contributed by atoms with van der Waals surface area (Å²) in [5, 5.41) is 4.13. The number of ether oxygens (including phenoxy) is 1. The number of fused-ring (bicyclic) bond motifs is 1. The molecule has 0 amide bonds. The molecule has 1 aromatic heterocycles. The van der Waals surface area contributed by atoms with Gasteiger partial charge in [0.15, 0.2) is 16.6 Å². The number of hydrogen-bond donors (Lipinski definition) is 0. The first-order chi connectivity index (χ1) is 19.6. The van der Waals surface area contributed by atoms with Gasteiger partial charge in [0.05, 0.1) is 18.6 Å². The van der Waals surface area contributed by atoms with Crippen molar-refractivity contribution in [2.75, 3.05) is 0 Å². The summed E-state index contributed by atoms with van der Waals surface area (Å²) in [5.74, 6) is 0.915. The molecule has 1 unspecified atom stereocenters. The molecule has 2 fully saturated rings. The maximum atomic E-state index is 14.4. The van der Waals surface area contributed by atoms with Crippen LogP contribution >= 0.6 is 0 Å². The monoisotopic (exact) mass is 633 g/mol. The largest absolute Gasteiger partial charge is 0.458 e. The third-order valence-corrected chi connectivity index (χ3v) is 11.5. The normalized spacial score (nSPS) is 33.6. The summed E-state index contributed by atoms with van der Waals surface area (Å²) in [6.45, 7) is 27.3. The van der Waals surface area contributed by atoms with Crippen LogP contribution in [0.4, 0.5) is 0 Å². The van der Waals surface area contributed by atoms with E-state index in [0.29, 0.717) is 5.92 Å². The van der Waals surface area contributed by atoms with Gasteiger partial charge in [-0.15, -0.1) is 0 Å². The Kier molecular flexibility index (Phi) is 11.2. The molecule has 7 atom stereocenters. The number of hydrogen-bond acceptors (Lipinski definition) is 7. The van der Waals surface area contributed by atoms with E-state index in [4.69, 9.17) is 18.1 Å². The lowest BCUT2D eigenvalue weighted by Gasteiger charge is -2.41. The number of carbonyl (C=O) groups excluding carboxylic acids is 2. The first kappa shape index (κ1) is 35.9. The van der Waals surface area contributed by atoms with Gasteiger partial charge in [-0.3, -0.25) is 9.59 Å². The Morgan fingerprint density at radius 2 is 1.67 bits per heavy atom. The van der Waals surface area contributed by atoms with Crippen molar-refractivity contribution in [3.8, 4) is 0 Å². The van der Waals surface area contributed by atoms with Crippen LogP contribution in [0.1, 0.15) is 91.5 Å². The van der Waals surface area contributed by atoms with Crippen molar-refractivity contribution < 1.29 is 27.7 Å². The molecule has 9 heteroatoms. The van der Waals surface area contributed by atoms with Crippen LogP contribution < -0.4 is 0 Å². The van der Waals surface area contributed by atoms with Gasteiger partial charge in [0.25, 0.3) is 0 Å². The molecule has 1 aliphatic heterocycles. The fourth-order valence-corrected chi connectivity index (χ4v) is 9.26. The number of ketones is 1. The van der Waals surface area contributed by atoms with E-state index in [2.05, 4.69) is 58.3 Å². The standard InChI is InChI=1S/C34H59NO6Si2/c1-22-15-14-16-34(7)21-26(34)19-28(23(2)17-27-18-24(3)39-35-27)38-30(36)20-29(40-42(8,9)10)33(5,6)32(37)25(4)31(22)41-43(11,12)13/h17-18,22,25-26,28-29,31H,14-16,19-21H2,1-13H3/b23-17+/t22-,25+,26+,28-,29-,31?,34-/m0/s1. The van der Waals surface area contributed by atoms with Crippen molar-refractivity contribution in [2.24, 2.45) is 28.6 Å². The zero-order chi connectivity index (χ0) is 32.5. The molecule has 1 aliphatic carbocycles. The molecule has 3 rings (SSSR count). The van der Waals surface area contributed by atoms with Crippen molar-refractivity contribution in [3.05, 3.63) is 23.1 Å². The van der Waals surface area contributed by atoms with Gasteiger partial charge in [0.2, 0.25) is 0 Å². The molecule has 43 heavy (non-hydrogen) atoms. The van der Waals surface area contributed by atoms with Crippen molar-refractivity contribution in [3.63, 3.8) is 0 Å². The molecule has 0 radical (unpaired) electrons. The minimum atomic E-state index is -2.12. The number of Topliss-reactive ketones (excluding diaryl/α,β-unsaturated/α-hetero) is 1. The second-order valence-electron chi connectivity index (χ2n) is 16.4. The van der Waals surface area contributed by atoms with E-state index < -0.39 is 28.2 Å². The zero-order valence-corrected chi connectivity index (χ0v) is 31.3. The molecular weight excluding hydrogens is 575 g/mol. The Hall–Kier alpha value is -1.56. The van der Waals surface area contributed by atoms with Crippen molar-refractivity contribution in [1.82, 2.24) is 5.16 Å². The number of carbonyl (C=O) groups is 2. The highest BCUT2D eigenvalue weighted by Gasteiger charge is 2.51. The van der Waals surface area contributed by atoms with E-state index in [9.17, 15) is 9.59 Å². The third kappa shape index (κ3) is 9.97. The molecule has 1 aromatic rings. The molecule has 2 aliphatic rings. The van der Waals surface area contributed by atoms with Crippen LogP contribution in [0.5, 0.6) is 0 Å². The van der Waals surface area contributed by atoms with Gasteiger partial charge in [-0.25, -0.2) is 0 Å². The van der Waals surface area contributed by atoms with Crippen LogP contribution in [0.3, 0.4) is 0 Å². The molecule has 0 spiro atoms. The third-order valence-electron chi connectivity index (χ3n) is 9.49. The highest BCUT2D eigenvalue weighted by Crippen LogP contribution is 2.58. The quantitative estimate of drug-likeness (QED) is 0.229. The molecule has 1 saturated heterocycles. The number of nitrogens with zero attached hydrogens (tertiary/aromatic N) is 1. The van der Waals surface area contributed by atoms with E-state index in [-0.39, 0.29) is 47.6 Å². The number of rotatable bonds is 6. The van der Waals surface area contributed by atoms with E-state index in [1.54, 1.807) is 0 Å². The SMILES string of the molecule is C/C(=C\c1cc(C)on1)[C@@H]1C[C@@H]2C[C@]2(C)CCC[C@H](C)C(O[Si](C)(C)C)[C@@H](C)C(=O)C(C)(C)[C@@H](O[Si](C)(C)C)CC(=O)O1. The Balaban J connectivity index is 2.00. The van der Waals surface area contributed by atoms with Gasteiger partial charge in [0.1, 0.15) is 23.3 Å². The van der Waals surface area contributed by atoms with Gasteiger partial charge in [-0.05, 0) is 108 Å². The zero-order valence-electron chi connectivity index (χ0n) is 29.3. The van der Waals surface area contributed by atoms with E-state index in [0.717, 1.165) is 49.1 Å². The van der Waals surface area contributed by atoms with Crippen molar-refractivity contribution in [2.45, 2.75) is 145 Å². The van der Waals surface area contributed by atoms with Crippen LogP contribution in [-0.4, -0.2) is 51.9 Å². The highest BCUT2D eigenvalue weighted by molar-refractivity contribution is 6.70. The second kappa shape index (κ2) is 13.4. The smallest absolute Gasteiger partial charge is 0.309 e. The predicted octanol–water partition coefficient (Wildman–Crippen LogP) is 8.60. The molecular formula is C34H59NO6Si2. The number of aryl methyl sites for hydroxylation is 1. The van der Waals surface area contributed by atoms with E-state index in [1.165, 1.54) is 0 Å². The Morgan fingerprint density at radius 1 is 1.05 bits per heavy atom. The number of cyclic esters (lactones) is 1. The Bertz CT molecular complexity index is 1160. The van der Waals surface area contributed by atoms with Gasteiger partial charge in [0, 0.05) is 17.4 Å². The summed E-state index contributed by atoms with van der Waals surface area (Å²) >= 11 is 0. The lowest BCUT2D eigenvalue weighted by atomic mass is 9.73. The molecule has 0 aromatic carbocycles. The van der Waals surface area contributed by atoms with Crippen molar-refractivity contribution >= 4 is 34.5 Å². The van der Waals surface area contributed by atoms with Crippen LogP contribution in [0, 0.1) is 35.5 Å². The highest BCUT2D eigenvalue weighted by atomic mass is 28.4. The molecule has 1 saturated carbocycles. The lowest BCUT2D eigenvalue weighted by Crippen LogP contribution is -2.51. The van der Waals surface area contributed by atoms with Crippen LogP contribution in [0.15, 0.2) is 16.2 Å². The topological polar surface area (TPSA) is 87.9 Å². The van der Waals surface area contributed by atoms with Crippen molar-refractivity contribution in [1.29, 1.82) is 0 Å². The van der Waals surface area contributed by atoms with Gasteiger partial charge in [-0.1, -0.05) is 46.2 Å². The summed E-state index contributed by atoms with van der Waals surface area (Å²) in [6.07, 6.45) is 5.99. The van der Waals surface area contributed by atoms with Crippen LogP contribution in [0.2, 0.25) is 39.3 Å². The van der Waals surface area contributed by atoms with Crippen LogP contribution in [0.25, 0.3) is 6.08 Å². The summed E-state index contributed by atoms with van der Waals surface area (Å²) in [6, 6.07) is 1.88. The summed E-state index contributed by atoms with van der Waals surface area (Å²) in [4.78, 5) is 28.1. The van der Waals surface area contributed by atoms with Gasteiger partial charge >= 0.3 is 5.97 Å². The summed E-state index contributed by atoms with van der Waals surface area (Å²) in [7, 11) is -4.05. The molecule has 2 heterocycles. The van der Waals surface area contributed by atoms with E-state index >= 15 is 0 Å². The fraction of sp³-hybridized carbons (Fsp3) is 0.794. The summed E-state index contributed by atoms with van der Waals surface area (Å²) in [5.41, 5.74) is 1.00. The molecule has 0 bridgehead atoms. The summed E-state index contributed by atoms with van der Waals surface area (Å²) < 4.78 is 24.9. The maximum Gasteiger partial charge on any atom is 0.309 e. The number of esters is 1. The van der Waals surface area contributed by atoms with E-state index in [1.807, 2.05) is 46.8 Å². The minimum absolute atomic E-state index is 0.0274. The predicted molar refractivity (Wildman–Crippen MR) is 178 cm³/mol. The van der Waals surface area contributed by atoms with Gasteiger partial charge in [-0.2, -0.15) is 0 Å². The van der Waals surface area contributed by atoms with Gasteiger partial charge < -0.3 is 18.1 Å². The Morgan fingerprint density at radius 3 is 2.23 bits per heavy atom. The second-order valence-corrected chi connectivity index (χ2v) is 25.3. The Labute approximate surface area is 263 Å². The number of aromatic nitrogens is 1. The average Bonchev–Trinajstić information content (AvgIpc) is 3.30. The molecule has 244 valence electrons. The van der Waals surface area contributed by atoms with Crippen LogP contribution in [-0.2, 0) is 23.2 Å².